The number of nitrogens with zero attached hydrogens (tertiary/aromatic N) is 3. The van der Waals surface area contributed by atoms with Crippen LogP contribution in [0.25, 0.3) is 5.69 Å². The molecule has 10 heteroatoms. The Morgan fingerprint density at radius 2 is 1.58 bits per heavy atom. The zero-order valence-electron chi connectivity index (χ0n) is 19.4. The number of ether oxygens (including phenoxy) is 1. The molecule has 9 nitrogen and oxygen atoms in total. The predicted octanol–water partition coefficient (Wildman–Crippen LogP) is 4.85. The number of benzene rings is 3. The van der Waals surface area contributed by atoms with Crippen molar-refractivity contribution in [1.82, 2.24) is 9.78 Å². The molecule has 0 N–H and O–H groups in total. The number of aryl methyl sites for hydroxylation is 2. The van der Waals surface area contributed by atoms with Crippen molar-refractivity contribution in [3.63, 3.8) is 0 Å². The van der Waals surface area contributed by atoms with Gasteiger partial charge in [0, 0.05) is 18.6 Å². The molecule has 3 aromatic carbocycles. The lowest BCUT2D eigenvalue weighted by atomic mass is 10.1. The summed E-state index contributed by atoms with van der Waals surface area (Å²) in [4.78, 5) is 22.7. The Morgan fingerprint density at radius 1 is 0.972 bits per heavy atom. The zero-order valence-corrected chi connectivity index (χ0v) is 20.2. The van der Waals surface area contributed by atoms with Crippen LogP contribution in [0.2, 0.25) is 0 Å². The van der Waals surface area contributed by atoms with Gasteiger partial charge < -0.3 is 4.74 Å². The number of nitro benzene ring substituents is 1. The van der Waals surface area contributed by atoms with Gasteiger partial charge in [-0.15, -0.1) is 0 Å². The molecular weight excluding hydrogens is 482 g/mol. The lowest BCUT2D eigenvalue weighted by Crippen LogP contribution is -2.14. The number of sulfone groups is 1. The normalized spacial score (nSPS) is 11.2. The van der Waals surface area contributed by atoms with E-state index >= 15 is 0 Å². The number of hydrogen-bond donors (Lipinski definition) is 0. The Morgan fingerprint density at radius 3 is 2.19 bits per heavy atom. The van der Waals surface area contributed by atoms with Crippen LogP contribution in [-0.2, 0) is 21.1 Å². The number of nitro groups is 1. The highest BCUT2D eigenvalue weighted by atomic mass is 32.2. The lowest BCUT2D eigenvalue weighted by Gasteiger charge is -2.11. The van der Waals surface area contributed by atoms with Crippen molar-refractivity contribution in [3.8, 4) is 11.6 Å². The molecular formula is C26H23N3O6S. The summed E-state index contributed by atoms with van der Waals surface area (Å²) in [5.41, 5.74) is 1.48. The number of hydrogen-bond acceptors (Lipinski definition) is 7. The summed E-state index contributed by atoms with van der Waals surface area (Å²) in [7, 11) is -4.22. The van der Waals surface area contributed by atoms with Gasteiger partial charge in [0.05, 0.1) is 21.2 Å². The molecule has 0 saturated heterocycles. The van der Waals surface area contributed by atoms with E-state index in [1.807, 2.05) is 30.3 Å². The molecule has 0 fully saturated rings. The average molecular weight is 506 g/mol. The second-order valence-electron chi connectivity index (χ2n) is 8.03. The standard InChI is InChI=1S/C26H23N3O6S/c1-19-25(36(33,34)23-17-15-22(16-18-23)29(31)32)26(28(27-19)21-12-6-3-7-13-21)35-24(30)14-8-11-20-9-4-2-5-10-20/h2-7,9-10,12-13,15-18H,8,11,14H2,1H3. The monoisotopic (exact) mass is 505 g/mol. The van der Waals surface area contributed by atoms with Gasteiger partial charge in [-0.2, -0.15) is 9.78 Å². The molecule has 0 radical (unpaired) electrons. The Bertz CT molecular complexity index is 1480. The molecule has 1 heterocycles. The fourth-order valence-electron chi connectivity index (χ4n) is 3.74. The predicted molar refractivity (Wildman–Crippen MR) is 132 cm³/mol. The minimum absolute atomic E-state index is 0.0743. The number of para-hydroxylation sites is 1. The highest BCUT2D eigenvalue weighted by molar-refractivity contribution is 7.91. The van der Waals surface area contributed by atoms with Crippen LogP contribution < -0.4 is 4.74 Å². The van der Waals surface area contributed by atoms with E-state index in [1.165, 1.54) is 11.6 Å². The van der Waals surface area contributed by atoms with Crippen LogP contribution in [0.15, 0.2) is 94.7 Å². The molecule has 0 bridgehead atoms. The van der Waals surface area contributed by atoms with Crippen molar-refractivity contribution in [2.24, 2.45) is 0 Å². The van der Waals surface area contributed by atoms with Crippen molar-refractivity contribution < 1.29 is 22.9 Å². The summed E-state index contributed by atoms with van der Waals surface area (Å²) in [5.74, 6) is -0.815. The number of carbonyl (C=O) groups excluding carboxylic acids is 1. The summed E-state index contributed by atoms with van der Waals surface area (Å²) in [6.45, 7) is 1.50. The van der Waals surface area contributed by atoms with Crippen LogP contribution in [-0.4, -0.2) is 29.1 Å². The summed E-state index contributed by atoms with van der Waals surface area (Å²) in [6, 6.07) is 22.9. The van der Waals surface area contributed by atoms with Crippen molar-refractivity contribution in [1.29, 1.82) is 0 Å². The summed E-state index contributed by atoms with van der Waals surface area (Å²) in [6.07, 6.45) is 1.26. The number of esters is 1. The first kappa shape index (κ1) is 24.8. The van der Waals surface area contributed by atoms with Crippen LogP contribution in [0.1, 0.15) is 24.1 Å². The van der Waals surface area contributed by atoms with E-state index in [2.05, 4.69) is 5.10 Å². The van der Waals surface area contributed by atoms with Gasteiger partial charge in [0.15, 0.2) is 4.90 Å². The van der Waals surface area contributed by atoms with E-state index in [0.717, 1.165) is 29.8 Å². The highest BCUT2D eigenvalue weighted by Gasteiger charge is 2.32. The third-order valence-corrected chi connectivity index (χ3v) is 7.39. The van der Waals surface area contributed by atoms with E-state index in [-0.39, 0.29) is 33.5 Å². The van der Waals surface area contributed by atoms with Gasteiger partial charge in [-0.25, -0.2) is 8.42 Å². The largest absolute Gasteiger partial charge is 0.406 e. The molecule has 4 aromatic rings. The Labute approximate surface area is 208 Å². The number of rotatable bonds is 9. The van der Waals surface area contributed by atoms with Crippen molar-refractivity contribution in [2.75, 3.05) is 0 Å². The third kappa shape index (κ3) is 5.33. The molecule has 0 atom stereocenters. The van der Waals surface area contributed by atoms with Crippen molar-refractivity contribution >= 4 is 21.5 Å². The van der Waals surface area contributed by atoms with E-state index in [4.69, 9.17) is 4.74 Å². The first-order chi connectivity index (χ1) is 17.3. The van der Waals surface area contributed by atoms with Gasteiger partial charge in [0.2, 0.25) is 15.7 Å². The molecule has 4 rings (SSSR count). The zero-order chi connectivity index (χ0) is 25.7. The quantitative estimate of drug-likeness (QED) is 0.181. The Hall–Kier alpha value is -4.31. The fraction of sp³-hybridized carbons (Fsp3) is 0.154. The molecule has 1 aromatic heterocycles. The molecule has 0 aliphatic rings. The van der Waals surface area contributed by atoms with E-state index in [1.54, 1.807) is 30.3 Å². The second kappa shape index (κ2) is 10.5. The molecule has 0 aliphatic carbocycles. The van der Waals surface area contributed by atoms with Crippen LogP contribution in [0.4, 0.5) is 5.69 Å². The number of aromatic nitrogens is 2. The lowest BCUT2D eigenvalue weighted by molar-refractivity contribution is -0.384. The van der Waals surface area contributed by atoms with Crippen molar-refractivity contribution in [3.05, 3.63) is 106 Å². The highest BCUT2D eigenvalue weighted by Crippen LogP contribution is 2.35. The van der Waals surface area contributed by atoms with Gasteiger partial charge in [0.25, 0.3) is 5.69 Å². The van der Waals surface area contributed by atoms with Crippen LogP contribution >= 0.6 is 0 Å². The summed E-state index contributed by atoms with van der Waals surface area (Å²) >= 11 is 0. The molecule has 184 valence electrons. The first-order valence-corrected chi connectivity index (χ1v) is 12.6. The minimum atomic E-state index is -4.22. The minimum Gasteiger partial charge on any atom is -0.406 e. The Kier molecular flexibility index (Phi) is 7.25. The van der Waals surface area contributed by atoms with E-state index in [0.29, 0.717) is 18.5 Å². The molecule has 0 unspecified atom stereocenters. The molecule has 0 saturated carbocycles. The topological polar surface area (TPSA) is 121 Å². The van der Waals surface area contributed by atoms with Crippen LogP contribution in [0.5, 0.6) is 5.88 Å². The third-order valence-electron chi connectivity index (χ3n) is 5.49. The molecule has 0 spiro atoms. The fourth-order valence-corrected chi connectivity index (χ4v) is 5.26. The average Bonchev–Trinajstić information content (AvgIpc) is 3.21. The molecule has 0 aliphatic heterocycles. The molecule has 36 heavy (non-hydrogen) atoms. The second-order valence-corrected chi connectivity index (χ2v) is 9.92. The first-order valence-electron chi connectivity index (χ1n) is 11.2. The maximum Gasteiger partial charge on any atom is 0.312 e. The maximum atomic E-state index is 13.6. The maximum absolute atomic E-state index is 13.6. The van der Waals surface area contributed by atoms with Gasteiger partial charge in [-0.05, 0) is 49.6 Å². The summed E-state index contributed by atoms with van der Waals surface area (Å²) in [5, 5.41) is 15.3. The number of carbonyl (C=O) groups is 1. The van der Waals surface area contributed by atoms with Crippen LogP contribution in [0.3, 0.4) is 0 Å². The smallest absolute Gasteiger partial charge is 0.312 e. The van der Waals surface area contributed by atoms with Gasteiger partial charge in [-0.1, -0.05) is 48.5 Å². The van der Waals surface area contributed by atoms with Gasteiger partial charge in [-0.3, -0.25) is 14.9 Å². The van der Waals surface area contributed by atoms with Gasteiger partial charge >= 0.3 is 5.97 Å². The van der Waals surface area contributed by atoms with Gasteiger partial charge in [0.1, 0.15) is 0 Å². The number of non-ortho nitro benzene ring substituents is 1. The summed E-state index contributed by atoms with van der Waals surface area (Å²) < 4.78 is 34.0. The van der Waals surface area contributed by atoms with Crippen LogP contribution in [0, 0.1) is 17.0 Å². The van der Waals surface area contributed by atoms with Crippen molar-refractivity contribution in [2.45, 2.75) is 36.0 Å². The van der Waals surface area contributed by atoms with E-state index in [9.17, 15) is 23.3 Å². The Balaban J connectivity index is 1.68. The van der Waals surface area contributed by atoms with E-state index < -0.39 is 20.7 Å². The molecule has 0 amide bonds. The SMILES string of the molecule is Cc1nn(-c2ccccc2)c(OC(=O)CCCc2ccccc2)c1S(=O)(=O)c1ccc([N+](=O)[O-])cc1.